The molecule has 0 saturated carbocycles. The van der Waals surface area contributed by atoms with Crippen molar-refractivity contribution in [3.8, 4) is 0 Å². The molecular weight excluding hydrogens is 134 g/mol. The minimum atomic E-state index is 0.903. The number of rotatable bonds is 3. The molecule has 11 heavy (non-hydrogen) atoms. The molecule has 0 unspecified atom stereocenters. The molecule has 0 aliphatic carbocycles. The van der Waals surface area contributed by atoms with E-state index in [-0.39, 0.29) is 0 Å². The first-order valence-electron chi connectivity index (χ1n) is 4.85. The lowest BCUT2D eigenvalue weighted by Gasteiger charge is -1.98. The van der Waals surface area contributed by atoms with Gasteiger partial charge in [0.25, 0.3) is 0 Å². The molecule has 0 fully saturated rings. The third-order valence-electron chi connectivity index (χ3n) is 1.14. The van der Waals surface area contributed by atoms with E-state index in [9.17, 15) is 0 Å². The fourth-order valence-corrected chi connectivity index (χ4v) is 0.612. The van der Waals surface area contributed by atoms with E-state index in [1.165, 1.54) is 26.3 Å². The van der Waals surface area contributed by atoms with Gasteiger partial charge in [-0.05, 0) is 13.0 Å². The summed E-state index contributed by atoms with van der Waals surface area (Å²) < 4.78 is 0. The molecule has 0 radical (unpaired) electrons. The summed E-state index contributed by atoms with van der Waals surface area (Å²) in [4.78, 5) is 0. The van der Waals surface area contributed by atoms with E-state index in [0.29, 0.717) is 0 Å². The van der Waals surface area contributed by atoms with Gasteiger partial charge in [-0.2, -0.15) is 0 Å². The van der Waals surface area contributed by atoms with E-state index in [1.807, 2.05) is 13.8 Å². The van der Waals surface area contributed by atoms with E-state index >= 15 is 0 Å². The van der Waals surface area contributed by atoms with Gasteiger partial charge in [-0.1, -0.05) is 53.9 Å². The fraction of sp³-hybridized carbons (Fsp3) is 1.00. The van der Waals surface area contributed by atoms with Crippen LogP contribution in [0.2, 0.25) is 0 Å². The molecule has 72 valence electrons. The van der Waals surface area contributed by atoms with Crippen LogP contribution in [-0.2, 0) is 0 Å². The third-order valence-corrected chi connectivity index (χ3v) is 1.14. The zero-order chi connectivity index (χ0) is 9.70. The van der Waals surface area contributed by atoms with Gasteiger partial charge in [-0.15, -0.1) is 0 Å². The van der Waals surface area contributed by atoms with Gasteiger partial charge >= 0.3 is 0 Å². The predicted octanol–water partition coefficient (Wildman–Crippen LogP) is 3.43. The molecule has 0 spiro atoms. The average molecular weight is 161 g/mol. The van der Waals surface area contributed by atoms with Crippen molar-refractivity contribution < 1.29 is 0 Å². The molecule has 0 amide bonds. The van der Waals surface area contributed by atoms with E-state index in [0.717, 1.165) is 5.92 Å². The van der Waals surface area contributed by atoms with Crippen LogP contribution in [0.5, 0.6) is 0 Å². The van der Waals surface area contributed by atoms with Gasteiger partial charge in [0.15, 0.2) is 0 Å². The summed E-state index contributed by atoms with van der Waals surface area (Å²) >= 11 is 0. The summed E-state index contributed by atoms with van der Waals surface area (Å²) in [5, 5.41) is 0. The van der Waals surface area contributed by atoms with E-state index in [4.69, 9.17) is 0 Å². The Bertz CT molecular complexity index is 33.9. The van der Waals surface area contributed by atoms with Crippen LogP contribution in [-0.4, -0.2) is 7.05 Å². The highest BCUT2D eigenvalue weighted by atomic mass is 14.4. The third kappa shape index (κ3) is 40.2. The molecule has 0 aliphatic rings. The molecule has 0 aromatic heterocycles. The second-order valence-electron chi connectivity index (χ2n) is 2.54. The molecule has 0 atom stereocenters. The van der Waals surface area contributed by atoms with Crippen LogP contribution in [0.3, 0.4) is 0 Å². The topological polar surface area (TPSA) is 26.0 Å². The quantitative estimate of drug-likeness (QED) is 0.674. The molecule has 1 heteroatoms. The molecule has 1 nitrogen and oxygen atoms in total. The fourth-order valence-electron chi connectivity index (χ4n) is 0.612. The van der Waals surface area contributed by atoms with Crippen molar-refractivity contribution in [3.63, 3.8) is 0 Å². The minimum absolute atomic E-state index is 0.903. The Morgan fingerprint density at radius 2 is 1.45 bits per heavy atom. The van der Waals surface area contributed by atoms with Gasteiger partial charge in [0.05, 0.1) is 0 Å². The summed E-state index contributed by atoms with van der Waals surface area (Å²) in [5.74, 6) is 0.903. The Morgan fingerprint density at radius 1 is 1.09 bits per heavy atom. The molecular formula is C10H27N. The summed E-state index contributed by atoms with van der Waals surface area (Å²) in [6, 6.07) is 0. The summed E-state index contributed by atoms with van der Waals surface area (Å²) in [6.07, 6.45) is 4.15. The molecule has 0 bridgehead atoms. The van der Waals surface area contributed by atoms with Crippen molar-refractivity contribution in [3.05, 3.63) is 0 Å². The number of hydrogen-bond donors (Lipinski definition) is 1. The number of unbranched alkanes of at least 4 members (excludes halogenated alkanes) is 1. The van der Waals surface area contributed by atoms with Crippen molar-refractivity contribution in [2.45, 2.75) is 53.9 Å². The van der Waals surface area contributed by atoms with E-state index < -0.39 is 0 Å². The largest absolute Gasteiger partial charge is 0.333 e. The van der Waals surface area contributed by atoms with Crippen LogP contribution < -0.4 is 5.73 Å². The highest BCUT2D eigenvalue weighted by Crippen LogP contribution is 2.04. The smallest absolute Gasteiger partial charge is 0.0195 e. The van der Waals surface area contributed by atoms with E-state index in [2.05, 4.69) is 26.5 Å². The summed E-state index contributed by atoms with van der Waals surface area (Å²) in [6.45, 7) is 10.8. The monoisotopic (exact) mass is 161 g/mol. The zero-order valence-corrected chi connectivity index (χ0v) is 9.28. The highest BCUT2D eigenvalue weighted by Gasteiger charge is 1.88. The Hall–Kier alpha value is -0.0400. The van der Waals surface area contributed by atoms with Crippen molar-refractivity contribution in [2.24, 2.45) is 11.7 Å². The molecule has 0 aromatic carbocycles. The van der Waals surface area contributed by atoms with Gasteiger partial charge in [0.2, 0.25) is 0 Å². The molecule has 0 saturated heterocycles. The second kappa shape index (κ2) is 22.5. The van der Waals surface area contributed by atoms with Crippen LogP contribution in [0.25, 0.3) is 0 Å². The Morgan fingerprint density at radius 3 is 1.55 bits per heavy atom. The first-order valence-corrected chi connectivity index (χ1v) is 4.85. The standard InChI is InChI=1S/C7H16.C2H6.CH5N/c1-4-5-6-7(2)3;2*1-2/h7H,4-6H2,1-3H3;1-2H3;2H2,1H3. The Balaban J connectivity index is -0.000000138. The molecule has 0 rings (SSSR count). The van der Waals surface area contributed by atoms with Gasteiger partial charge in [-0.25, -0.2) is 0 Å². The van der Waals surface area contributed by atoms with Gasteiger partial charge in [0, 0.05) is 0 Å². The van der Waals surface area contributed by atoms with Gasteiger partial charge in [-0.3, -0.25) is 0 Å². The van der Waals surface area contributed by atoms with Crippen LogP contribution in [0.4, 0.5) is 0 Å². The first-order chi connectivity index (χ1) is 5.27. The maximum Gasteiger partial charge on any atom is -0.0195 e. The molecule has 0 aromatic rings. The number of hydrogen-bond acceptors (Lipinski definition) is 1. The van der Waals surface area contributed by atoms with Crippen molar-refractivity contribution in [1.82, 2.24) is 0 Å². The predicted molar refractivity (Wildman–Crippen MR) is 55.8 cm³/mol. The second-order valence-corrected chi connectivity index (χ2v) is 2.54. The van der Waals surface area contributed by atoms with Gasteiger partial charge < -0.3 is 5.73 Å². The maximum absolute atomic E-state index is 4.50. The lowest BCUT2D eigenvalue weighted by molar-refractivity contribution is 0.550. The van der Waals surface area contributed by atoms with Crippen molar-refractivity contribution in [1.29, 1.82) is 0 Å². The zero-order valence-electron chi connectivity index (χ0n) is 9.28. The average Bonchev–Trinajstić information content (AvgIpc) is 2.08. The van der Waals surface area contributed by atoms with Crippen molar-refractivity contribution in [2.75, 3.05) is 7.05 Å². The summed E-state index contributed by atoms with van der Waals surface area (Å²) in [7, 11) is 1.50. The molecule has 0 aliphatic heterocycles. The lowest BCUT2D eigenvalue weighted by Crippen LogP contribution is -1.83. The first kappa shape index (κ1) is 17.2. The Kier molecular flexibility index (Phi) is 35.1. The molecule has 0 heterocycles. The van der Waals surface area contributed by atoms with Crippen LogP contribution in [0.15, 0.2) is 0 Å². The van der Waals surface area contributed by atoms with Gasteiger partial charge in [0.1, 0.15) is 0 Å². The van der Waals surface area contributed by atoms with Crippen LogP contribution in [0.1, 0.15) is 53.9 Å². The normalized spacial score (nSPS) is 7.64. The molecule has 2 N–H and O–H groups in total. The lowest BCUT2D eigenvalue weighted by atomic mass is 10.1. The van der Waals surface area contributed by atoms with Crippen LogP contribution in [0, 0.1) is 5.92 Å². The van der Waals surface area contributed by atoms with Crippen LogP contribution >= 0.6 is 0 Å². The summed E-state index contributed by atoms with van der Waals surface area (Å²) in [5.41, 5.74) is 4.50. The SMILES string of the molecule is CC.CCCCC(C)C.CN. The minimum Gasteiger partial charge on any atom is -0.333 e. The highest BCUT2D eigenvalue weighted by molar-refractivity contribution is 4.42. The van der Waals surface area contributed by atoms with Crippen molar-refractivity contribution >= 4 is 0 Å². The Labute approximate surface area is 73.4 Å². The maximum atomic E-state index is 4.50. The van der Waals surface area contributed by atoms with E-state index in [1.54, 1.807) is 0 Å². The number of nitrogens with two attached hydrogens (primary N) is 1.